The fraction of sp³-hybridized carbons (Fsp3) is 0.211. The maximum absolute atomic E-state index is 13.2. The molecule has 0 spiro atoms. The number of aromatic nitrogens is 1. The van der Waals surface area contributed by atoms with E-state index in [-0.39, 0.29) is 5.82 Å². The Bertz CT molecular complexity index is 838. The Labute approximate surface area is 144 Å². The van der Waals surface area contributed by atoms with Gasteiger partial charge < -0.3 is 9.30 Å². The van der Waals surface area contributed by atoms with E-state index in [0.29, 0.717) is 6.61 Å². The van der Waals surface area contributed by atoms with E-state index in [4.69, 9.17) is 9.73 Å². The van der Waals surface area contributed by atoms with E-state index in [2.05, 4.69) is 9.95 Å². The second kappa shape index (κ2) is 8.04. The summed E-state index contributed by atoms with van der Waals surface area (Å²) in [6.45, 7) is 1.49. The van der Waals surface area contributed by atoms with Crippen molar-refractivity contribution < 1.29 is 9.13 Å². The van der Waals surface area contributed by atoms with Crippen LogP contribution in [0.5, 0.6) is 0 Å². The molecule has 1 heterocycles. The lowest BCUT2D eigenvalue weighted by atomic mass is 10.1. The average molecular weight is 342 g/mol. The highest BCUT2D eigenvalue weighted by molar-refractivity contribution is 7.07. The monoisotopic (exact) mass is 342 g/mol. The van der Waals surface area contributed by atoms with Gasteiger partial charge in [-0.05, 0) is 48.4 Å². The van der Waals surface area contributed by atoms with Gasteiger partial charge in [0.25, 0.3) is 0 Å². The Morgan fingerprint density at radius 3 is 2.54 bits per heavy atom. The molecular weight excluding hydrogens is 323 g/mol. The maximum atomic E-state index is 13.2. The lowest BCUT2D eigenvalue weighted by molar-refractivity contribution is 0.190. The third-order valence-corrected chi connectivity index (χ3v) is 4.51. The van der Waals surface area contributed by atoms with Crippen LogP contribution in [0.3, 0.4) is 0 Å². The molecule has 24 heavy (non-hydrogen) atoms. The van der Waals surface area contributed by atoms with E-state index in [9.17, 15) is 4.39 Å². The Kier molecular flexibility index (Phi) is 5.56. The molecule has 5 heteroatoms. The van der Waals surface area contributed by atoms with Crippen LogP contribution < -0.4 is 4.80 Å². The van der Waals surface area contributed by atoms with Crippen molar-refractivity contribution in [3.8, 4) is 11.3 Å². The van der Waals surface area contributed by atoms with Gasteiger partial charge in [0.05, 0.1) is 11.4 Å². The summed E-state index contributed by atoms with van der Waals surface area (Å²) in [7, 11) is 1.70. The maximum Gasteiger partial charge on any atom is 0.190 e. The number of nitrogens with zero attached hydrogens (tertiary/aromatic N) is 2. The Morgan fingerprint density at radius 2 is 1.83 bits per heavy atom. The second-order valence-electron chi connectivity index (χ2n) is 5.36. The van der Waals surface area contributed by atoms with Crippen LogP contribution >= 0.6 is 11.3 Å². The van der Waals surface area contributed by atoms with Crippen molar-refractivity contribution in [3.63, 3.8) is 0 Å². The SMILES string of the molecule is COCCCn1c(-c2ccc(F)cc2)csc1=Nc1ccccc1. The summed E-state index contributed by atoms with van der Waals surface area (Å²) < 4.78 is 20.5. The van der Waals surface area contributed by atoms with Crippen LogP contribution in [0.25, 0.3) is 11.3 Å². The van der Waals surface area contributed by atoms with Crippen molar-refractivity contribution in [2.75, 3.05) is 13.7 Å². The highest BCUT2D eigenvalue weighted by atomic mass is 32.1. The highest BCUT2D eigenvalue weighted by Crippen LogP contribution is 2.21. The number of para-hydroxylation sites is 1. The van der Waals surface area contributed by atoms with Crippen molar-refractivity contribution in [3.05, 3.63) is 70.6 Å². The zero-order chi connectivity index (χ0) is 16.8. The Balaban J connectivity index is 2.03. The van der Waals surface area contributed by atoms with Crippen LogP contribution in [-0.4, -0.2) is 18.3 Å². The van der Waals surface area contributed by atoms with Gasteiger partial charge in [-0.2, -0.15) is 0 Å². The molecular formula is C19H19FN2OS. The van der Waals surface area contributed by atoms with Crippen molar-refractivity contribution >= 4 is 17.0 Å². The number of hydrogen-bond donors (Lipinski definition) is 0. The van der Waals surface area contributed by atoms with E-state index < -0.39 is 0 Å². The van der Waals surface area contributed by atoms with Crippen LogP contribution in [0.1, 0.15) is 6.42 Å². The molecule has 0 aliphatic carbocycles. The molecule has 0 saturated heterocycles. The average Bonchev–Trinajstić information content (AvgIpc) is 2.99. The minimum atomic E-state index is -0.228. The molecule has 3 aromatic rings. The van der Waals surface area contributed by atoms with Gasteiger partial charge in [-0.25, -0.2) is 9.38 Å². The number of methoxy groups -OCH3 is 1. The van der Waals surface area contributed by atoms with E-state index in [1.54, 1.807) is 30.6 Å². The zero-order valence-electron chi connectivity index (χ0n) is 13.5. The second-order valence-corrected chi connectivity index (χ2v) is 6.19. The summed E-state index contributed by atoms with van der Waals surface area (Å²) in [5.41, 5.74) is 2.95. The van der Waals surface area contributed by atoms with E-state index in [1.165, 1.54) is 12.1 Å². The van der Waals surface area contributed by atoms with Crippen LogP contribution in [0.2, 0.25) is 0 Å². The molecule has 124 valence electrons. The quantitative estimate of drug-likeness (QED) is 0.600. The minimum absolute atomic E-state index is 0.228. The number of benzene rings is 2. The molecule has 0 saturated carbocycles. The molecule has 0 atom stereocenters. The molecule has 1 aromatic heterocycles. The first kappa shape index (κ1) is 16.6. The number of rotatable bonds is 6. The van der Waals surface area contributed by atoms with Gasteiger partial charge in [-0.15, -0.1) is 11.3 Å². The lowest BCUT2D eigenvalue weighted by Gasteiger charge is -2.09. The standard InChI is InChI=1S/C19H19FN2OS/c1-23-13-5-12-22-18(15-8-10-16(20)11-9-15)14-24-19(22)21-17-6-3-2-4-7-17/h2-4,6-11,14H,5,12-13H2,1H3. The first-order chi connectivity index (χ1) is 11.8. The van der Waals surface area contributed by atoms with Gasteiger partial charge in [-0.1, -0.05) is 18.2 Å². The molecule has 3 rings (SSSR count). The number of hydrogen-bond acceptors (Lipinski definition) is 3. The summed E-state index contributed by atoms with van der Waals surface area (Å²) >= 11 is 1.59. The molecule has 0 fully saturated rings. The topological polar surface area (TPSA) is 26.5 Å². The highest BCUT2D eigenvalue weighted by Gasteiger charge is 2.08. The molecule has 2 aromatic carbocycles. The summed E-state index contributed by atoms with van der Waals surface area (Å²) in [6.07, 6.45) is 0.892. The summed E-state index contributed by atoms with van der Waals surface area (Å²) in [6, 6.07) is 16.5. The smallest absolute Gasteiger partial charge is 0.190 e. The Morgan fingerprint density at radius 1 is 1.08 bits per heavy atom. The van der Waals surface area contributed by atoms with E-state index >= 15 is 0 Å². The van der Waals surface area contributed by atoms with Gasteiger partial charge in [0, 0.05) is 25.6 Å². The van der Waals surface area contributed by atoms with Gasteiger partial charge >= 0.3 is 0 Å². The van der Waals surface area contributed by atoms with Crippen molar-refractivity contribution in [2.45, 2.75) is 13.0 Å². The molecule has 0 radical (unpaired) electrons. The van der Waals surface area contributed by atoms with Crippen molar-refractivity contribution in [1.29, 1.82) is 0 Å². The molecule has 0 bridgehead atoms. The van der Waals surface area contributed by atoms with Gasteiger partial charge in [0.1, 0.15) is 5.82 Å². The molecule has 0 amide bonds. The summed E-state index contributed by atoms with van der Waals surface area (Å²) in [5, 5.41) is 2.07. The van der Waals surface area contributed by atoms with Crippen molar-refractivity contribution in [2.24, 2.45) is 4.99 Å². The fourth-order valence-electron chi connectivity index (χ4n) is 2.47. The first-order valence-electron chi connectivity index (χ1n) is 7.81. The summed E-state index contributed by atoms with van der Waals surface area (Å²) in [4.78, 5) is 5.68. The predicted molar refractivity (Wildman–Crippen MR) is 95.9 cm³/mol. The Hall–Kier alpha value is -2.24. The van der Waals surface area contributed by atoms with Crippen LogP contribution in [-0.2, 0) is 11.3 Å². The fourth-order valence-corrected chi connectivity index (χ4v) is 3.42. The van der Waals surface area contributed by atoms with Gasteiger partial charge in [-0.3, -0.25) is 0 Å². The number of thiazole rings is 1. The summed E-state index contributed by atoms with van der Waals surface area (Å²) in [5.74, 6) is -0.228. The largest absolute Gasteiger partial charge is 0.385 e. The van der Waals surface area contributed by atoms with E-state index in [0.717, 1.165) is 34.7 Å². The molecule has 0 N–H and O–H groups in total. The van der Waals surface area contributed by atoms with Crippen molar-refractivity contribution in [1.82, 2.24) is 4.57 Å². The molecule has 0 aliphatic rings. The number of halogens is 1. The van der Waals surface area contributed by atoms with E-state index in [1.807, 2.05) is 30.3 Å². The normalized spacial score (nSPS) is 11.8. The minimum Gasteiger partial charge on any atom is -0.385 e. The lowest BCUT2D eigenvalue weighted by Crippen LogP contribution is -2.17. The zero-order valence-corrected chi connectivity index (χ0v) is 14.3. The van der Waals surface area contributed by atoms with Crippen LogP contribution in [0.4, 0.5) is 10.1 Å². The predicted octanol–water partition coefficient (Wildman–Crippen LogP) is 4.62. The number of ether oxygens (including phenoxy) is 1. The first-order valence-corrected chi connectivity index (χ1v) is 8.69. The molecule has 0 unspecified atom stereocenters. The third kappa shape index (κ3) is 3.99. The van der Waals surface area contributed by atoms with Crippen LogP contribution in [0, 0.1) is 5.82 Å². The molecule has 3 nitrogen and oxygen atoms in total. The van der Waals surface area contributed by atoms with Gasteiger partial charge in [0.15, 0.2) is 4.80 Å². The van der Waals surface area contributed by atoms with Gasteiger partial charge in [0.2, 0.25) is 0 Å². The third-order valence-electron chi connectivity index (χ3n) is 3.65. The molecule has 0 aliphatic heterocycles. The van der Waals surface area contributed by atoms with Crippen LogP contribution in [0.15, 0.2) is 65.0 Å².